The van der Waals surface area contributed by atoms with Gasteiger partial charge in [0.25, 0.3) is 5.91 Å². The summed E-state index contributed by atoms with van der Waals surface area (Å²) in [4.78, 5) is 13.8. The number of nitrogens with zero attached hydrogens (tertiary/aromatic N) is 2. The van der Waals surface area contributed by atoms with E-state index in [0.29, 0.717) is 22.5 Å². The second-order valence-electron chi connectivity index (χ2n) is 4.57. The Morgan fingerprint density at radius 3 is 2.48 bits per heavy atom. The lowest BCUT2D eigenvalue weighted by Gasteiger charge is -2.22. The molecule has 5 heteroatoms. The number of nitrogen functional groups attached to an aromatic ring is 1. The summed E-state index contributed by atoms with van der Waals surface area (Å²) in [5, 5.41) is 11.5. The van der Waals surface area contributed by atoms with Crippen molar-refractivity contribution in [3.05, 3.63) is 53.6 Å². The first-order valence-electron chi connectivity index (χ1n) is 6.42. The molecule has 106 valence electrons. The predicted octanol–water partition coefficient (Wildman–Crippen LogP) is 2.27. The summed E-state index contributed by atoms with van der Waals surface area (Å²) in [5.41, 5.74) is 9.11. The van der Waals surface area contributed by atoms with Crippen LogP contribution in [-0.4, -0.2) is 20.0 Å². The maximum atomic E-state index is 12.0. The van der Waals surface area contributed by atoms with E-state index >= 15 is 0 Å². The van der Waals surface area contributed by atoms with Gasteiger partial charge in [-0.3, -0.25) is 4.79 Å². The van der Waals surface area contributed by atoms with Crippen LogP contribution in [0.15, 0.2) is 42.5 Å². The maximum Gasteiger partial charge on any atom is 0.253 e. The minimum atomic E-state index is -0.175. The van der Waals surface area contributed by atoms with E-state index in [9.17, 15) is 4.79 Å². The van der Waals surface area contributed by atoms with Crippen molar-refractivity contribution in [1.29, 1.82) is 5.26 Å². The number of amides is 1. The van der Waals surface area contributed by atoms with Crippen LogP contribution in [-0.2, 0) is 0 Å². The van der Waals surface area contributed by atoms with Gasteiger partial charge in [0.1, 0.15) is 0 Å². The minimum absolute atomic E-state index is 0.175. The van der Waals surface area contributed by atoms with Crippen LogP contribution in [0, 0.1) is 11.3 Å². The number of hydrogen-bond donors (Lipinski definition) is 2. The standard InChI is InChI=1S/C16H16N4O/c1-19-16(21)14-8-5-12(18)9-15(14)20(2)13-6-3-11(10-17)4-7-13/h3-9H,18H2,1-2H3,(H,19,21). The van der Waals surface area contributed by atoms with E-state index in [1.54, 1.807) is 37.4 Å². The average molecular weight is 280 g/mol. The minimum Gasteiger partial charge on any atom is -0.399 e. The van der Waals surface area contributed by atoms with Crippen LogP contribution in [0.1, 0.15) is 15.9 Å². The van der Waals surface area contributed by atoms with E-state index in [2.05, 4.69) is 11.4 Å². The van der Waals surface area contributed by atoms with Gasteiger partial charge in [-0.25, -0.2) is 0 Å². The second kappa shape index (κ2) is 5.97. The summed E-state index contributed by atoms with van der Waals surface area (Å²) >= 11 is 0. The number of nitriles is 1. The lowest BCUT2D eigenvalue weighted by molar-refractivity contribution is 0.0963. The van der Waals surface area contributed by atoms with E-state index < -0.39 is 0 Å². The zero-order valence-corrected chi connectivity index (χ0v) is 11.9. The van der Waals surface area contributed by atoms with E-state index in [-0.39, 0.29) is 5.91 Å². The molecule has 0 spiro atoms. The summed E-state index contributed by atoms with van der Waals surface area (Å²) in [6.45, 7) is 0. The molecule has 0 saturated heterocycles. The van der Waals surface area contributed by atoms with Gasteiger partial charge in [-0.15, -0.1) is 0 Å². The number of rotatable bonds is 3. The van der Waals surface area contributed by atoms with Gasteiger partial charge in [-0.05, 0) is 42.5 Å². The molecule has 3 N–H and O–H groups in total. The third-order valence-corrected chi connectivity index (χ3v) is 3.24. The van der Waals surface area contributed by atoms with Crippen LogP contribution in [0.25, 0.3) is 0 Å². The molecule has 2 aromatic carbocycles. The zero-order valence-electron chi connectivity index (χ0n) is 11.9. The van der Waals surface area contributed by atoms with Gasteiger partial charge in [-0.2, -0.15) is 5.26 Å². The van der Waals surface area contributed by atoms with Crippen LogP contribution in [0.5, 0.6) is 0 Å². The third-order valence-electron chi connectivity index (χ3n) is 3.24. The summed E-state index contributed by atoms with van der Waals surface area (Å²) in [5.74, 6) is -0.175. The van der Waals surface area contributed by atoms with Crippen molar-refractivity contribution >= 4 is 23.0 Å². The second-order valence-corrected chi connectivity index (χ2v) is 4.57. The van der Waals surface area contributed by atoms with Gasteiger partial charge in [0.05, 0.1) is 22.9 Å². The molecule has 0 atom stereocenters. The Labute approximate surface area is 123 Å². The van der Waals surface area contributed by atoms with Gasteiger partial charge in [-0.1, -0.05) is 0 Å². The maximum absolute atomic E-state index is 12.0. The van der Waals surface area contributed by atoms with E-state index in [1.165, 1.54) is 0 Å². The Bertz CT molecular complexity index is 701. The first-order chi connectivity index (χ1) is 10.1. The molecule has 0 aliphatic heterocycles. The van der Waals surface area contributed by atoms with Crippen molar-refractivity contribution in [3.8, 4) is 6.07 Å². The van der Waals surface area contributed by atoms with Gasteiger partial charge in [0, 0.05) is 25.5 Å². The smallest absolute Gasteiger partial charge is 0.253 e. The zero-order chi connectivity index (χ0) is 15.4. The van der Waals surface area contributed by atoms with Crippen LogP contribution in [0.4, 0.5) is 17.1 Å². The lowest BCUT2D eigenvalue weighted by atomic mass is 10.1. The van der Waals surface area contributed by atoms with Crippen LogP contribution in [0.3, 0.4) is 0 Å². The molecule has 2 aromatic rings. The first kappa shape index (κ1) is 14.4. The largest absolute Gasteiger partial charge is 0.399 e. The predicted molar refractivity (Wildman–Crippen MR) is 83.5 cm³/mol. The quantitative estimate of drug-likeness (QED) is 0.845. The normalized spacial score (nSPS) is 9.76. The van der Waals surface area contributed by atoms with Crippen molar-refractivity contribution in [1.82, 2.24) is 5.32 Å². The fourth-order valence-corrected chi connectivity index (χ4v) is 2.05. The molecule has 0 fully saturated rings. The topological polar surface area (TPSA) is 82.2 Å². The average Bonchev–Trinajstić information content (AvgIpc) is 2.53. The molecule has 5 nitrogen and oxygen atoms in total. The van der Waals surface area contributed by atoms with Crippen molar-refractivity contribution in [2.45, 2.75) is 0 Å². The summed E-state index contributed by atoms with van der Waals surface area (Å²) < 4.78 is 0. The first-order valence-corrected chi connectivity index (χ1v) is 6.42. The van der Waals surface area contributed by atoms with Crippen molar-refractivity contribution in [2.24, 2.45) is 0 Å². The van der Waals surface area contributed by atoms with Gasteiger partial charge in [0.2, 0.25) is 0 Å². The van der Waals surface area contributed by atoms with E-state index in [4.69, 9.17) is 11.0 Å². The molecule has 1 amide bonds. The number of hydrogen-bond acceptors (Lipinski definition) is 4. The van der Waals surface area contributed by atoms with Crippen LogP contribution in [0.2, 0.25) is 0 Å². The van der Waals surface area contributed by atoms with Crippen LogP contribution >= 0.6 is 0 Å². The number of anilines is 3. The molecule has 0 aliphatic carbocycles. The highest BCUT2D eigenvalue weighted by atomic mass is 16.1. The molecule has 21 heavy (non-hydrogen) atoms. The lowest BCUT2D eigenvalue weighted by Crippen LogP contribution is -2.22. The molecular formula is C16H16N4O. The molecule has 0 unspecified atom stereocenters. The van der Waals surface area contributed by atoms with Crippen LogP contribution < -0.4 is 16.0 Å². The van der Waals surface area contributed by atoms with Crippen molar-refractivity contribution in [2.75, 3.05) is 24.7 Å². The van der Waals surface area contributed by atoms with Gasteiger partial charge < -0.3 is 16.0 Å². The summed E-state index contributed by atoms with van der Waals surface area (Å²) in [7, 11) is 3.44. The number of nitrogens with one attached hydrogen (secondary N) is 1. The molecule has 0 heterocycles. The number of carbonyl (C=O) groups is 1. The van der Waals surface area contributed by atoms with Gasteiger partial charge in [0.15, 0.2) is 0 Å². The Kier molecular flexibility index (Phi) is 4.10. The molecule has 0 saturated carbocycles. The number of carbonyl (C=O) groups excluding carboxylic acids is 1. The van der Waals surface area contributed by atoms with Gasteiger partial charge >= 0.3 is 0 Å². The molecule has 0 bridgehead atoms. The number of nitrogens with two attached hydrogens (primary N) is 1. The SMILES string of the molecule is CNC(=O)c1ccc(N)cc1N(C)c1ccc(C#N)cc1. The molecule has 0 radical (unpaired) electrons. The molecular weight excluding hydrogens is 264 g/mol. The highest BCUT2D eigenvalue weighted by molar-refractivity contribution is 6.01. The fraction of sp³-hybridized carbons (Fsp3) is 0.125. The van der Waals surface area contributed by atoms with Crippen molar-refractivity contribution < 1.29 is 4.79 Å². The molecule has 0 aliphatic rings. The van der Waals surface area contributed by atoms with E-state index in [1.807, 2.05) is 24.1 Å². The highest BCUT2D eigenvalue weighted by Crippen LogP contribution is 2.29. The van der Waals surface area contributed by atoms with Crippen molar-refractivity contribution in [3.63, 3.8) is 0 Å². The fourth-order valence-electron chi connectivity index (χ4n) is 2.05. The summed E-state index contributed by atoms with van der Waals surface area (Å²) in [6, 6.07) is 14.3. The van der Waals surface area contributed by atoms with E-state index in [0.717, 1.165) is 5.69 Å². The third kappa shape index (κ3) is 2.95. The Morgan fingerprint density at radius 1 is 1.24 bits per heavy atom. The summed E-state index contributed by atoms with van der Waals surface area (Å²) in [6.07, 6.45) is 0. The monoisotopic (exact) mass is 280 g/mol. The molecule has 0 aromatic heterocycles. The Hall–Kier alpha value is -3.00. The highest BCUT2D eigenvalue weighted by Gasteiger charge is 2.15. The number of benzene rings is 2. The Balaban J connectivity index is 2.46. The Morgan fingerprint density at radius 2 is 1.90 bits per heavy atom. The molecule has 2 rings (SSSR count).